The molecule has 0 saturated carbocycles. The lowest BCUT2D eigenvalue weighted by Gasteiger charge is -2.08. The van der Waals surface area contributed by atoms with Gasteiger partial charge in [-0.15, -0.1) is 0 Å². The van der Waals surface area contributed by atoms with E-state index in [0.717, 1.165) is 0 Å². The van der Waals surface area contributed by atoms with Gasteiger partial charge in [0.2, 0.25) is 5.91 Å². The molecule has 0 spiro atoms. The molecule has 0 bridgehead atoms. The maximum absolute atomic E-state index is 11.8. The molecule has 9 nitrogen and oxygen atoms in total. The molecule has 0 aliphatic carbocycles. The van der Waals surface area contributed by atoms with Crippen LogP contribution in [-0.2, 0) is 19.1 Å². The number of benzene rings is 1. The van der Waals surface area contributed by atoms with Crippen LogP contribution in [0.1, 0.15) is 23.9 Å². The van der Waals surface area contributed by atoms with Crippen molar-refractivity contribution in [2.24, 2.45) is 0 Å². The normalized spacial score (nSPS) is 9.96. The average Bonchev–Trinajstić information content (AvgIpc) is 3.14. The molecule has 3 N–H and O–H groups in total. The van der Waals surface area contributed by atoms with E-state index in [2.05, 4.69) is 16.0 Å². The summed E-state index contributed by atoms with van der Waals surface area (Å²) in [6.45, 7) is 0.968. The number of furan rings is 1. The molecule has 0 fully saturated rings. The Hall–Kier alpha value is -3.62. The summed E-state index contributed by atoms with van der Waals surface area (Å²) in [5.74, 6) is -1.68. The van der Waals surface area contributed by atoms with Crippen LogP contribution >= 0.6 is 0 Å². The molecule has 0 saturated heterocycles. The van der Waals surface area contributed by atoms with Gasteiger partial charge in [-0.2, -0.15) is 0 Å². The van der Waals surface area contributed by atoms with E-state index >= 15 is 0 Å². The van der Waals surface area contributed by atoms with Crippen LogP contribution in [0.3, 0.4) is 0 Å². The molecular weight excluding hydrogens is 354 g/mol. The summed E-state index contributed by atoms with van der Waals surface area (Å²) in [6.07, 6.45) is 1.28. The van der Waals surface area contributed by atoms with Crippen molar-refractivity contribution in [1.82, 2.24) is 5.32 Å². The summed E-state index contributed by atoms with van der Waals surface area (Å²) in [6, 6.07) is 9.62. The lowest BCUT2D eigenvalue weighted by atomic mass is 10.2. The Labute approximate surface area is 155 Å². The maximum Gasteiger partial charge on any atom is 0.308 e. The predicted molar refractivity (Wildman–Crippen MR) is 96.0 cm³/mol. The minimum absolute atomic E-state index is 0.0543. The van der Waals surface area contributed by atoms with Crippen molar-refractivity contribution < 1.29 is 28.3 Å². The Balaban J connectivity index is 1.68. The topological polar surface area (TPSA) is 127 Å². The third kappa shape index (κ3) is 7.02. The van der Waals surface area contributed by atoms with Crippen molar-refractivity contribution >= 4 is 35.1 Å². The third-order valence-corrected chi connectivity index (χ3v) is 3.19. The minimum Gasteiger partial charge on any atom is -0.459 e. The molecule has 3 amide bonds. The Morgan fingerprint density at radius 2 is 1.78 bits per heavy atom. The Kier molecular flexibility index (Phi) is 7.12. The second-order valence-electron chi connectivity index (χ2n) is 5.45. The van der Waals surface area contributed by atoms with E-state index < -0.39 is 24.4 Å². The summed E-state index contributed by atoms with van der Waals surface area (Å²) in [5, 5.41) is 7.65. The first kappa shape index (κ1) is 19.7. The number of nitrogens with one attached hydrogen (secondary N) is 3. The van der Waals surface area contributed by atoms with Crippen molar-refractivity contribution in [3.8, 4) is 0 Å². The highest BCUT2D eigenvalue weighted by atomic mass is 16.5. The van der Waals surface area contributed by atoms with Crippen LogP contribution in [-0.4, -0.2) is 36.8 Å². The fourth-order valence-electron chi connectivity index (χ4n) is 2.07. The number of carbonyl (C=O) groups is 4. The molecule has 1 aromatic heterocycles. The van der Waals surface area contributed by atoms with E-state index in [4.69, 9.17) is 9.15 Å². The van der Waals surface area contributed by atoms with Crippen LogP contribution in [0.2, 0.25) is 0 Å². The summed E-state index contributed by atoms with van der Waals surface area (Å²) in [5.41, 5.74) is 0.984. The largest absolute Gasteiger partial charge is 0.459 e. The number of amides is 3. The van der Waals surface area contributed by atoms with Gasteiger partial charge in [0.25, 0.3) is 11.8 Å². The standard InChI is InChI=1S/C18H19N3O6/c1-12(22)20-13-4-2-5-14(10-13)21-16(23)11-27-17(24)7-8-19-18(25)15-6-3-9-26-15/h2-6,9-10H,7-8,11H2,1H3,(H,19,25)(H,20,22)(H,21,23). The molecule has 0 aliphatic rings. The van der Waals surface area contributed by atoms with Crippen molar-refractivity contribution in [3.05, 3.63) is 48.4 Å². The highest BCUT2D eigenvalue weighted by Crippen LogP contribution is 2.14. The van der Waals surface area contributed by atoms with E-state index in [1.165, 1.54) is 19.3 Å². The van der Waals surface area contributed by atoms with Gasteiger partial charge in [-0.25, -0.2) is 0 Å². The smallest absolute Gasteiger partial charge is 0.308 e. The second kappa shape index (κ2) is 9.76. The van der Waals surface area contributed by atoms with Gasteiger partial charge in [0.15, 0.2) is 12.4 Å². The molecule has 1 aromatic carbocycles. The SMILES string of the molecule is CC(=O)Nc1cccc(NC(=O)COC(=O)CCNC(=O)c2ccco2)c1. The number of hydrogen-bond donors (Lipinski definition) is 3. The van der Waals surface area contributed by atoms with E-state index in [0.29, 0.717) is 11.4 Å². The Morgan fingerprint density at radius 1 is 1.04 bits per heavy atom. The van der Waals surface area contributed by atoms with Crippen LogP contribution in [0.25, 0.3) is 0 Å². The first-order valence-corrected chi connectivity index (χ1v) is 8.09. The van der Waals surface area contributed by atoms with Gasteiger partial charge >= 0.3 is 5.97 Å². The molecule has 27 heavy (non-hydrogen) atoms. The Morgan fingerprint density at radius 3 is 2.44 bits per heavy atom. The monoisotopic (exact) mass is 373 g/mol. The lowest BCUT2D eigenvalue weighted by molar-refractivity contribution is -0.147. The van der Waals surface area contributed by atoms with Crippen LogP contribution in [0.5, 0.6) is 0 Å². The highest BCUT2D eigenvalue weighted by molar-refractivity contribution is 5.94. The second-order valence-corrected chi connectivity index (χ2v) is 5.45. The van der Waals surface area contributed by atoms with Gasteiger partial charge in [0.05, 0.1) is 12.7 Å². The number of rotatable bonds is 8. The van der Waals surface area contributed by atoms with Gasteiger partial charge in [0.1, 0.15) is 0 Å². The van der Waals surface area contributed by atoms with Gasteiger partial charge in [-0.05, 0) is 30.3 Å². The molecule has 0 unspecified atom stereocenters. The fraction of sp³-hybridized carbons (Fsp3) is 0.222. The summed E-state index contributed by atoms with van der Waals surface area (Å²) in [7, 11) is 0. The predicted octanol–water partition coefficient (Wildman–Crippen LogP) is 1.54. The number of hydrogen-bond acceptors (Lipinski definition) is 6. The highest BCUT2D eigenvalue weighted by Gasteiger charge is 2.11. The average molecular weight is 373 g/mol. The van der Waals surface area contributed by atoms with Gasteiger partial charge < -0.3 is 25.1 Å². The van der Waals surface area contributed by atoms with Gasteiger partial charge in [-0.3, -0.25) is 19.2 Å². The number of ether oxygens (including phenoxy) is 1. The molecule has 9 heteroatoms. The maximum atomic E-state index is 11.8. The van der Waals surface area contributed by atoms with Crippen molar-refractivity contribution in [2.45, 2.75) is 13.3 Å². The first-order valence-electron chi connectivity index (χ1n) is 8.09. The molecule has 0 atom stereocenters. The summed E-state index contributed by atoms with van der Waals surface area (Å²) in [4.78, 5) is 46.1. The molecule has 1 heterocycles. The number of anilines is 2. The zero-order chi connectivity index (χ0) is 19.6. The van der Waals surface area contributed by atoms with Gasteiger partial charge in [0, 0.05) is 24.8 Å². The van der Waals surface area contributed by atoms with Crippen molar-refractivity contribution in [2.75, 3.05) is 23.8 Å². The number of carbonyl (C=O) groups excluding carboxylic acids is 4. The zero-order valence-corrected chi connectivity index (χ0v) is 14.6. The molecule has 2 rings (SSSR count). The van der Waals surface area contributed by atoms with Crippen LogP contribution in [0.4, 0.5) is 11.4 Å². The summed E-state index contributed by atoms with van der Waals surface area (Å²) >= 11 is 0. The molecule has 2 aromatic rings. The lowest BCUT2D eigenvalue weighted by Crippen LogP contribution is -2.27. The fourth-order valence-corrected chi connectivity index (χ4v) is 2.07. The van der Waals surface area contributed by atoms with Crippen molar-refractivity contribution in [3.63, 3.8) is 0 Å². The van der Waals surface area contributed by atoms with E-state index in [1.54, 1.807) is 30.3 Å². The van der Waals surface area contributed by atoms with E-state index in [-0.39, 0.29) is 24.6 Å². The molecule has 0 aliphatic heterocycles. The number of esters is 1. The molecular formula is C18H19N3O6. The van der Waals surface area contributed by atoms with Crippen LogP contribution < -0.4 is 16.0 Å². The third-order valence-electron chi connectivity index (χ3n) is 3.19. The summed E-state index contributed by atoms with van der Waals surface area (Å²) < 4.78 is 9.76. The van der Waals surface area contributed by atoms with Crippen molar-refractivity contribution in [1.29, 1.82) is 0 Å². The minimum atomic E-state index is -0.628. The quantitative estimate of drug-likeness (QED) is 0.603. The molecule has 0 radical (unpaired) electrons. The van der Waals surface area contributed by atoms with Crippen LogP contribution in [0, 0.1) is 0 Å². The van der Waals surface area contributed by atoms with E-state index in [9.17, 15) is 19.2 Å². The Bertz CT molecular complexity index is 816. The van der Waals surface area contributed by atoms with E-state index in [1.807, 2.05) is 0 Å². The zero-order valence-electron chi connectivity index (χ0n) is 14.6. The van der Waals surface area contributed by atoms with Gasteiger partial charge in [-0.1, -0.05) is 6.07 Å². The molecule has 142 valence electrons. The van der Waals surface area contributed by atoms with Crippen LogP contribution in [0.15, 0.2) is 47.1 Å². The first-order chi connectivity index (χ1) is 12.9.